The van der Waals surface area contributed by atoms with Crippen molar-refractivity contribution in [2.75, 3.05) is 13.1 Å². The first-order chi connectivity index (χ1) is 15.3. The minimum atomic E-state index is -5.60. The van der Waals surface area contributed by atoms with Gasteiger partial charge in [0.1, 0.15) is 0 Å². The molecule has 3 rings (SSSR count). The van der Waals surface area contributed by atoms with E-state index < -0.39 is 45.6 Å². The van der Waals surface area contributed by atoms with Gasteiger partial charge in [-0.1, -0.05) is 18.2 Å². The van der Waals surface area contributed by atoms with Crippen LogP contribution in [0.2, 0.25) is 0 Å². The van der Waals surface area contributed by atoms with Crippen LogP contribution in [0.1, 0.15) is 49.3 Å². The van der Waals surface area contributed by atoms with Crippen LogP contribution in [-0.2, 0) is 21.2 Å². The highest BCUT2D eigenvalue weighted by atomic mass is 32.2. The Balaban J connectivity index is 1.61. The molecule has 1 aliphatic carbocycles. The monoisotopic (exact) mass is 497 g/mol. The molecular formula is C20H24F5N3O4S. The predicted octanol–water partition coefficient (Wildman–Crippen LogP) is 3.32. The number of aromatic nitrogens is 1. The first-order valence-electron chi connectivity index (χ1n) is 10.3. The molecule has 1 aliphatic heterocycles. The molecule has 1 amide bonds. The molecule has 2 heterocycles. The number of sulfonamides is 1. The molecule has 0 spiro atoms. The van der Waals surface area contributed by atoms with Crippen LogP contribution in [0.5, 0.6) is 0 Å². The molecule has 1 aromatic rings. The minimum Gasteiger partial charge on any atom is -0.289 e. The van der Waals surface area contributed by atoms with E-state index in [2.05, 4.69) is 4.98 Å². The molecule has 2 aliphatic rings. The van der Waals surface area contributed by atoms with Crippen molar-refractivity contribution in [3.63, 3.8) is 0 Å². The van der Waals surface area contributed by atoms with Crippen LogP contribution in [-0.4, -0.2) is 58.8 Å². The quantitative estimate of drug-likeness (QED) is 0.261. The lowest BCUT2D eigenvalue weighted by Gasteiger charge is -2.37. The Kier molecular flexibility index (Phi) is 7.16. The zero-order valence-corrected chi connectivity index (χ0v) is 18.3. The molecule has 0 unspecified atom stereocenters. The van der Waals surface area contributed by atoms with Gasteiger partial charge in [-0.2, -0.15) is 22.0 Å². The summed E-state index contributed by atoms with van der Waals surface area (Å²) in [5, 5.41) is 9.04. The van der Waals surface area contributed by atoms with Gasteiger partial charge in [-0.15, -0.1) is 0 Å². The van der Waals surface area contributed by atoms with Crippen molar-refractivity contribution >= 4 is 15.9 Å². The summed E-state index contributed by atoms with van der Waals surface area (Å²) in [4.78, 5) is 16.4. The van der Waals surface area contributed by atoms with E-state index in [0.29, 0.717) is 18.5 Å². The van der Waals surface area contributed by atoms with Gasteiger partial charge in [0.2, 0.25) is 10.0 Å². The van der Waals surface area contributed by atoms with Crippen molar-refractivity contribution in [3.05, 3.63) is 41.7 Å². The van der Waals surface area contributed by atoms with E-state index in [4.69, 9.17) is 5.21 Å². The normalized spacial score (nSPS) is 20.2. The highest BCUT2D eigenvalue weighted by Crippen LogP contribution is 2.39. The molecule has 1 fully saturated rings. The van der Waals surface area contributed by atoms with Crippen molar-refractivity contribution in [2.24, 2.45) is 0 Å². The lowest BCUT2D eigenvalue weighted by atomic mass is 9.93. The number of hydrogen-bond acceptors (Lipinski definition) is 5. The van der Waals surface area contributed by atoms with Crippen molar-refractivity contribution in [2.45, 2.75) is 61.3 Å². The lowest BCUT2D eigenvalue weighted by Crippen LogP contribution is -2.56. The Morgan fingerprint density at radius 1 is 1.15 bits per heavy atom. The zero-order chi connectivity index (χ0) is 24.5. The van der Waals surface area contributed by atoms with E-state index in [1.807, 2.05) is 0 Å². The maximum Gasteiger partial charge on any atom is 0.453 e. The van der Waals surface area contributed by atoms with Crippen LogP contribution in [0, 0.1) is 0 Å². The van der Waals surface area contributed by atoms with Crippen LogP contribution in [0.3, 0.4) is 0 Å². The number of alkyl halides is 5. The zero-order valence-electron chi connectivity index (χ0n) is 17.5. The molecule has 7 nitrogen and oxygen atoms in total. The SMILES string of the molecule is O=C(NO)C1(S(=O)(=O)N2CCC(c3ccc(CCC(F)(F)C(F)(F)F)cn3)CC2)CC=CC1. The largest absolute Gasteiger partial charge is 0.453 e. The molecule has 1 aromatic heterocycles. The van der Waals surface area contributed by atoms with Gasteiger partial charge in [-0.05, 0) is 43.7 Å². The molecule has 184 valence electrons. The van der Waals surface area contributed by atoms with Crippen LogP contribution < -0.4 is 5.48 Å². The third-order valence-electron chi connectivity index (χ3n) is 6.27. The van der Waals surface area contributed by atoms with Crippen LogP contribution in [0.4, 0.5) is 22.0 Å². The fraction of sp³-hybridized carbons (Fsp3) is 0.600. The Labute approximate surface area is 187 Å². The fourth-order valence-corrected chi connectivity index (χ4v) is 6.23. The average Bonchev–Trinajstić information content (AvgIpc) is 3.29. The number of carbonyl (C=O) groups is 1. The summed E-state index contributed by atoms with van der Waals surface area (Å²) in [5.41, 5.74) is 2.29. The molecular weight excluding hydrogens is 473 g/mol. The first-order valence-corrected chi connectivity index (χ1v) is 11.8. The van der Waals surface area contributed by atoms with E-state index in [1.165, 1.54) is 22.0 Å². The Hall–Kier alpha value is -2.12. The summed E-state index contributed by atoms with van der Waals surface area (Å²) in [6.45, 7) is 0.239. The summed E-state index contributed by atoms with van der Waals surface area (Å²) in [5.74, 6) is -5.89. The van der Waals surface area contributed by atoms with Crippen LogP contribution in [0.15, 0.2) is 30.5 Å². The van der Waals surface area contributed by atoms with Gasteiger partial charge in [-0.25, -0.2) is 18.2 Å². The van der Waals surface area contributed by atoms with Gasteiger partial charge in [-0.3, -0.25) is 15.0 Å². The van der Waals surface area contributed by atoms with E-state index in [9.17, 15) is 35.2 Å². The molecule has 2 N–H and O–H groups in total. The van der Waals surface area contributed by atoms with Crippen molar-refractivity contribution in [3.8, 4) is 0 Å². The number of carbonyl (C=O) groups excluding carboxylic acids is 1. The molecule has 0 atom stereocenters. The number of allylic oxidation sites excluding steroid dienone is 2. The Morgan fingerprint density at radius 3 is 2.24 bits per heavy atom. The van der Waals surface area contributed by atoms with Gasteiger partial charge >= 0.3 is 12.1 Å². The summed E-state index contributed by atoms with van der Waals surface area (Å²) >= 11 is 0. The Bertz CT molecular complexity index is 980. The molecule has 0 radical (unpaired) electrons. The number of halogens is 5. The van der Waals surface area contributed by atoms with E-state index in [1.54, 1.807) is 18.2 Å². The third kappa shape index (κ3) is 4.90. The van der Waals surface area contributed by atoms with Crippen molar-refractivity contribution < 1.29 is 40.4 Å². The van der Waals surface area contributed by atoms with Gasteiger partial charge in [0, 0.05) is 37.3 Å². The smallest absolute Gasteiger partial charge is 0.289 e. The predicted molar refractivity (Wildman–Crippen MR) is 107 cm³/mol. The molecule has 0 saturated carbocycles. The molecule has 1 saturated heterocycles. The number of pyridine rings is 1. The van der Waals surface area contributed by atoms with E-state index >= 15 is 0 Å². The van der Waals surface area contributed by atoms with Gasteiger partial charge in [0.05, 0.1) is 0 Å². The number of piperidine rings is 1. The second-order valence-corrected chi connectivity index (χ2v) is 10.5. The van der Waals surface area contributed by atoms with E-state index in [0.717, 1.165) is 0 Å². The molecule has 0 bridgehead atoms. The number of rotatable bonds is 7. The number of nitrogens with one attached hydrogen (secondary N) is 1. The van der Waals surface area contributed by atoms with Crippen molar-refractivity contribution in [1.82, 2.24) is 14.8 Å². The summed E-state index contributed by atoms with van der Waals surface area (Å²) in [7, 11) is -4.07. The average molecular weight is 497 g/mol. The van der Waals surface area contributed by atoms with Gasteiger partial charge in [0.15, 0.2) is 4.75 Å². The summed E-state index contributed by atoms with van der Waals surface area (Å²) in [6, 6.07) is 3.00. The minimum absolute atomic E-state index is 0.0436. The third-order valence-corrected chi connectivity index (χ3v) is 8.82. The Morgan fingerprint density at radius 2 is 1.76 bits per heavy atom. The van der Waals surface area contributed by atoms with E-state index in [-0.39, 0.29) is 37.4 Å². The van der Waals surface area contributed by atoms with Crippen molar-refractivity contribution in [1.29, 1.82) is 0 Å². The van der Waals surface area contributed by atoms with Crippen LogP contribution in [0.25, 0.3) is 0 Å². The molecule has 0 aromatic carbocycles. The van der Waals surface area contributed by atoms with Gasteiger partial charge in [0.25, 0.3) is 5.91 Å². The maximum atomic E-state index is 13.2. The summed E-state index contributed by atoms with van der Waals surface area (Å²) in [6.07, 6.45) is -2.34. The van der Waals surface area contributed by atoms with Gasteiger partial charge < -0.3 is 0 Å². The number of aryl methyl sites for hydroxylation is 1. The first kappa shape index (κ1) is 25.5. The highest BCUT2D eigenvalue weighted by molar-refractivity contribution is 7.91. The number of amides is 1. The fourth-order valence-electron chi connectivity index (χ4n) is 4.15. The lowest BCUT2D eigenvalue weighted by molar-refractivity contribution is -0.284. The maximum absolute atomic E-state index is 13.2. The number of hydrogen-bond donors (Lipinski definition) is 2. The second kappa shape index (κ2) is 9.26. The second-order valence-electron chi connectivity index (χ2n) is 8.29. The van der Waals surface area contributed by atoms with Crippen LogP contribution >= 0.6 is 0 Å². The number of nitrogens with zero attached hydrogens (tertiary/aromatic N) is 2. The molecule has 33 heavy (non-hydrogen) atoms. The summed E-state index contributed by atoms with van der Waals surface area (Å²) < 4.78 is 88.9. The topological polar surface area (TPSA) is 99.6 Å². The molecule has 13 heteroatoms. The number of hydroxylamine groups is 1. The standard InChI is InChI=1S/C20H24F5N3O4S/c21-19(22,20(23,24)25)10-5-14-3-4-16(26-13-14)15-6-11-28(12-7-15)33(31,32)18(17(29)27-30)8-1-2-9-18/h1-4,13,15,30H,5-12H2,(H,27,29). The highest BCUT2D eigenvalue weighted by Gasteiger charge is 2.56.